The van der Waals surface area contributed by atoms with E-state index in [1.807, 2.05) is 30.3 Å². The molecular formula is C17H14N2O3. The summed E-state index contributed by atoms with van der Waals surface area (Å²) in [6, 6.07) is 14.5. The van der Waals surface area contributed by atoms with E-state index in [2.05, 4.69) is 10.6 Å². The Balaban J connectivity index is 1.70. The molecule has 0 aromatic heterocycles. The summed E-state index contributed by atoms with van der Waals surface area (Å²) in [6.45, 7) is 0. The topological polar surface area (TPSA) is 75.3 Å². The molecule has 1 aliphatic rings. The van der Waals surface area contributed by atoms with Crippen LogP contribution in [0.2, 0.25) is 0 Å². The van der Waals surface area contributed by atoms with Crippen LogP contribution in [0.3, 0.4) is 0 Å². The van der Waals surface area contributed by atoms with Crippen molar-refractivity contribution >= 4 is 23.4 Å². The Morgan fingerprint density at radius 2 is 1.73 bits per heavy atom. The first kappa shape index (κ1) is 14.0. The minimum Gasteiger partial charge on any atom is -0.325 e. The average Bonchev–Trinajstić information content (AvgIpc) is 2.82. The molecule has 0 saturated heterocycles. The number of carbonyl (C=O) groups is 3. The zero-order chi connectivity index (χ0) is 15.5. The van der Waals surface area contributed by atoms with Gasteiger partial charge in [-0.05, 0) is 24.1 Å². The molecule has 0 aliphatic carbocycles. The zero-order valence-corrected chi connectivity index (χ0v) is 11.8. The summed E-state index contributed by atoms with van der Waals surface area (Å²) < 4.78 is 0. The van der Waals surface area contributed by atoms with E-state index in [4.69, 9.17) is 0 Å². The van der Waals surface area contributed by atoms with Gasteiger partial charge in [0, 0.05) is 6.42 Å². The molecule has 110 valence electrons. The smallest absolute Gasteiger partial charge is 0.261 e. The van der Waals surface area contributed by atoms with Crippen LogP contribution in [0.1, 0.15) is 32.7 Å². The van der Waals surface area contributed by atoms with Gasteiger partial charge in [0.15, 0.2) is 0 Å². The van der Waals surface area contributed by atoms with Crippen LogP contribution in [0.4, 0.5) is 5.69 Å². The van der Waals surface area contributed by atoms with Crippen molar-refractivity contribution in [3.05, 3.63) is 65.2 Å². The van der Waals surface area contributed by atoms with Gasteiger partial charge in [0.25, 0.3) is 11.8 Å². The first-order chi connectivity index (χ1) is 10.6. The van der Waals surface area contributed by atoms with Crippen LogP contribution in [0.5, 0.6) is 0 Å². The molecule has 2 N–H and O–H groups in total. The Bertz CT molecular complexity index is 754. The molecule has 0 saturated carbocycles. The number of amides is 3. The lowest BCUT2D eigenvalue weighted by Crippen LogP contribution is -2.21. The second kappa shape index (κ2) is 5.81. The fourth-order valence-corrected chi connectivity index (χ4v) is 2.44. The SMILES string of the molecule is O=C(CCc1ccccc1)Nc1cccc2c1C(=O)NC2=O. The summed E-state index contributed by atoms with van der Waals surface area (Å²) in [5, 5.41) is 4.94. The second-order valence-corrected chi connectivity index (χ2v) is 5.05. The van der Waals surface area contributed by atoms with Gasteiger partial charge >= 0.3 is 0 Å². The van der Waals surface area contributed by atoms with Gasteiger partial charge in [0.2, 0.25) is 5.91 Å². The van der Waals surface area contributed by atoms with Crippen molar-refractivity contribution in [2.45, 2.75) is 12.8 Å². The number of aryl methyl sites for hydroxylation is 1. The Morgan fingerprint density at radius 3 is 2.50 bits per heavy atom. The van der Waals surface area contributed by atoms with Gasteiger partial charge in [-0.2, -0.15) is 0 Å². The fraction of sp³-hybridized carbons (Fsp3) is 0.118. The summed E-state index contributed by atoms with van der Waals surface area (Å²) in [4.78, 5) is 35.4. The molecule has 0 atom stereocenters. The number of hydrogen-bond acceptors (Lipinski definition) is 3. The summed E-state index contributed by atoms with van der Waals surface area (Å²) in [5.41, 5.74) is 1.98. The molecule has 0 bridgehead atoms. The first-order valence-corrected chi connectivity index (χ1v) is 6.97. The van der Waals surface area contributed by atoms with Gasteiger partial charge in [-0.15, -0.1) is 0 Å². The van der Waals surface area contributed by atoms with E-state index >= 15 is 0 Å². The molecule has 0 spiro atoms. The summed E-state index contributed by atoms with van der Waals surface area (Å²) in [6.07, 6.45) is 0.927. The van der Waals surface area contributed by atoms with Gasteiger partial charge in [-0.3, -0.25) is 19.7 Å². The lowest BCUT2D eigenvalue weighted by atomic mass is 10.1. The number of imide groups is 1. The molecule has 5 heteroatoms. The van der Waals surface area contributed by atoms with E-state index in [0.717, 1.165) is 5.56 Å². The molecule has 1 heterocycles. The van der Waals surface area contributed by atoms with E-state index in [1.54, 1.807) is 18.2 Å². The predicted octanol–water partition coefficient (Wildman–Crippen LogP) is 2.14. The minimum atomic E-state index is -0.473. The molecule has 5 nitrogen and oxygen atoms in total. The van der Waals surface area contributed by atoms with Gasteiger partial charge in [-0.1, -0.05) is 36.4 Å². The number of carbonyl (C=O) groups excluding carboxylic acids is 3. The van der Waals surface area contributed by atoms with Crippen LogP contribution in [0.15, 0.2) is 48.5 Å². The largest absolute Gasteiger partial charge is 0.325 e. The number of nitrogens with one attached hydrogen (secondary N) is 2. The van der Waals surface area contributed by atoms with Crippen LogP contribution in [-0.4, -0.2) is 17.7 Å². The molecule has 22 heavy (non-hydrogen) atoms. The standard InChI is InChI=1S/C17H14N2O3/c20-14(10-9-11-5-2-1-3-6-11)18-13-8-4-7-12-15(13)17(22)19-16(12)21/h1-8H,9-10H2,(H,18,20)(H,19,21,22). The molecule has 1 aliphatic heterocycles. The van der Waals surface area contributed by atoms with Crippen molar-refractivity contribution in [1.29, 1.82) is 0 Å². The third-order valence-electron chi connectivity index (χ3n) is 3.52. The van der Waals surface area contributed by atoms with Crippen molar-refractivity contribution < 1.29 is 14.4 Å². The second-order valence-electron chi connectivity index (χ2n) is 5.05. The van der Waals surface area contributed by atoms with Gasteiger partial charge in [-0.25, -0.2) is 0 Å². The minimum absolute atomic E-state index is 0.190. The van der Waals surface area contributed by atoms with Crippen LogP contribution >= 0.6 is 0 Å². The first-order valence-electron chi connectivity index (χ1n) is 6.97. The van der Waals surface area contributed by atoms with E-state index in [1.165, 1.54) is 0 Å². The Kier molecular flexibility index (Phi) is 3.70. The Morgan fingerprint density at radius 1 is 0.955 bits per heavy atom. The molecule has 2 aromatic carbocycles. The number of benzene rings is 2. The maximum Gasteiger partial charge on any atom is 0.261 e. The number of hydrogen-bond donors (Lipinski definition) is 2. The van der Waals surface area contributed by atoms with Crippen molar-refractivity contribution in [1.82, 2.24) is 5.32 Å². The van der Waals surface area contributed by atoms with Crippen LogP contribution in [0, 0.1) is 0 Å². The quantitative estimate of drug-likeness (QED) is 0.848. The normalized spacial score (nSPS) is 12.7. The highest BCUT2D eigenvalue weighted by Crippen LogP contribution is 2.24. The Hall–Kier alpha value is -2.95. The van der Waals surface area contributed by atoms with Crippen molar-refractivity contribution in [2.75, 3.05) is 5.32 Å². The monoisotopic (exact) mass is 294 g/mol. The molecule has 0 unspecified atom stereocenters. The molecular weight excluding hydrogens is 280 g/mol. The molecule has 3 rings (SSSR count). The van der Waals surface area contributed by atoms with Crippen molar-refractivity contribution in [3.8, 4) is 0 Å². The molecule has 0 radical (unpaired) electrons. The van der Waals surface area contributed by atoms with E-state index < -0.39 is 11.8 Å². The molecule has 0 fully saturated rings. The lowest BCUT2D eigenvalue weighted by molar-refractivity contribution is -0.116. The van der Waals surface area contributed by atoms with Crippen LogP contribution < -0.4 is 10.6 Å². The maximum absolute atomic E-state index is 12.0. The number of fused-ring (bicyclic) bond motifs is 1. The predicted molar refractivity (Wildman–Crippen MR) is 81.6 cm³/mol. The molecule has 2 aromatic rings. The summed E-state index contributed by atoms with van der Waals surface area (Å²) in [5.74, 6) is -1.09. The van der Waals surface area contributed by atoms with Gasteiger partial charge in [0.05, 0.1) is 16.8 Å². The highest BCUT2D eigenvalue weighted by molar-refractivity contribution is 6.24. The van der Waals surface area contributed by atoms with E-state index in [-0.39, 0.29) is 11.5 Å². The number of rotatable bonds is 4. The van der Waals surface area contributed by atoms with Crippen LogP contribution in [-0.2, 0) is 11.2 Å². The summed E-state index contributed by atoms with van der Waals surface area (Å²) >= 11 is 0. The highest BCUT2D eigenvalue weighted by atomic mass is 16.2. The van der Waals surface area contributed by atoms with Gasteiger partial charge < -0.3 is 5.32 Å². The maximum atomic E-state index is 12.0. The molecule has 3 amide bonds. The Labute approximate surface area is 127 Å². The average molecular weight is 294 g/mol. The zero-order valence-electron chi connectivity index (χ0n) is 11.8. The highest BCUT2D eigenvalue weighted by Gasteiger charge is 2.29. The fourth-order valence-electron chi connectivity index (χ4n) is 2.44. The third kappa shape index (κ3) is 2.74. The third-order valence-corrected chi connectivity index (χ3v) is 3.52. The van der Waals surface area contributed by atoms with Crippen molar-refractivity contribution in [3.63, 3.8) is 0 Å². The lowest BCUT2D eigenvalue weighted by Gasteiger charge is -2.08. The number of anilines is 1. The summed E-state index contributed by atoms with van der Waals surface area (Å²) in [7, 11) is 0. The van der Waals surface area contributed by atoms with Gasteiger partial charge in [0.1, 0.15) is 0 Å². The van der Waals surface area contributed by atoms with Crippen LogP contribution in [0.25, 0.3) is 0 Å². The van der Waals surface area contributed by atoms with E-state index in [9.17, 15) is 14.4 Å². The van der Waals surface area contributed by atoms with E-state index in [0.29, 0.717) is 24.1 Å². The van der Waals surface area contributed by atoms with Crippen molar-refractivity contribution in [2.24, 2.45) is 0 Å².